The number of carbonyl (C=O) groups is 1. The lowest BCUT2D eigenvalue weighted by Crippen LogP contribution is -2.26. The SMILES string of the molecule is Cc1ccc(-c2nccn3cc(C(=O)N(C)Cc4cn(C)nc4C)nc23)cc1. The van der Waals surface area contributed by atoms with Crippen LogP contribution in [0.5, 0.6) is 0 Å². The van der Waals surface area contributed by atoms with E-state index in [0.29, 0.717) is 17.9 Å². The van der Waals surface area contributed by atoms with E-state index < -0.39 is 0 Å². The topological polar surface area (TPSA) is 68.3 Å². The first-order valence-electron chi connectivity index (χ1n) is 9.07. The van der Waals surface area contributed by atoms with E-state index in [1.54, 1.807) is 29.0 Å². The Hall–Kier alpha value is -3.48. The van der Waals surface area contributed by atoms with Crippen molar-refractivity contribution in [3.63, 3.8) is 0 Å². The third-order valence-corrected chi connectivity index (χ3v) is 4.79. The molecule has 0 aliphatic rings. The molecule has 3 heterocycles. The van der Waals surface area contributed by atoms with Crippen molar-refractivity contribution in [2.45, 2.75) is 20.4 Å². The maximum atomic E-state index is 12.9. The van der Waals surface area contributed by atoms with Crippen LogP contribution in [0.4, 0.5) is 0 Å². The molecule has 0 aliphatic carbocycles. The monoisotopic (exact) mass is 374 g/mol. The van der Waals surface area contributed by atoms with Gasteiger partial charge in [0.2, 0.25) is 0 Å². The first-order valence-corrected chi connectivity index (χ1v) is 9.07. The molecule has 0 radical (unpaired) electrons. The summed E-state index contributed by atoms with van der Waals surface area (Å²) in [4.78, 5) is 23.7. The fraction of sp³-hybridized carbons (Fsp3) is 0.238. The highest BCUT2D eigenvalue weighted by Crippen LogP contribution is 2.22. The molecule has 0 fully saturated rings. The molecular weight excluding hydrogens is 352 g/mol. The third-order valence-electron chi connectivity index (χ3n) is 4.79. The number of benzene rings is 1. The van der Waals surface area contributed by atoms with Gasteiger partial charge in [-0.15, -0.1) is 0 Å². The third kappa shape index (κ3) is 3.26. The Kier molecular flexibility index (Phi) is 4.43. The van der Waals surface area contributed by atoms with Gasteiger partial charge in [0.1, 0.15) is 11.4 Å². The number of rotatable bonds is 4. The average Bonchev–Trinajstić information content (AvgIpc) is 3.24. The maximum Gasteiger partial charge on any atom is 0.274 e. The number of aryl methyl sites for hydroxylation is 3. The van der Waals surface area contributed by atoms with Crippen molar-refractivity contribution in [1.82, 2.24) is 29.0 Å². The number of hydrogen-bond donors (Lipinski definition) is 0. The molecule has 1 aromatic carbocycles. The standard InChI is InChI=1S/C21H22N6O/c1-14-5-7-16(8-6-14)19-20-23-18(13-27(20)10-9-22-19)21(28)25(3)11-17-12-26(4)24-15(17)2/h5-10,12-13H,11H2,1-4H3. The summed E-state index contributed by atoms with van der Waals surface area (Å²) in [6.07, 6.45) is 7.22. The first kappa shape index (κ1) is 17.9. The summed E-state index contributed by atoms with van der Waals surface area (Å²) in [5, 5.41) is 4.33. The van der Waals surface area contributed by atoms with Gasteiger partial charge >= 0.3 is 0 Å². The van der Waals surface area contributed by atoms with Gasteiger partial charge in [0.15, 0.2) is 5.65 Å². The van der Waals surface area contributed by atoms with Crippen molar-refractivity contribution in [3.8, 4) is 11.3 Å². The minimum absolute atomic E-state index is 0.137. The number of imidazole rings is 1. The molecule has 4 rings (SSSR count). The van der Waals surface area contributed by atoms with E-state index >= 15 is 0 Å². The minimum Gasteiger partial charge on any atom is -0.336 e. The average molecular weight is 374 g/mol. The highest BCUT2D eigenvalue weighted by Gasteiger charge is 2.19. The molecule has 7 heteroatoms. The Bertz CT molecular complexity index is 1160. The highest BCUT2D eigenvalue weighted by molar-refractivity contribution is 5.93. The molecule has 0 unspecified atom stereocenters. The van der Waals surface area contributed by atoms with E-state index in [1.807, 2.05) is 62.0 Å². The molecule has 28 heavy (non-hydrogen) atoms. The maximum absolute atomic E-state index is 12.9. The number of aromatic nitrogens is 5. The number of carbonyl (C=O) groups excluding carboxylic acids is 1. The molecular formula is C21H22N6O. The van der Waals surface area contributed by atoms with Crippen LogP contribution >= 0.6 is 0 Å². The second kappa shape index (κ2) is 6.92. The smallest absolute Gasteiger partial charge is 0.274 e. The quantitative estimate of drug-likeness (QED) is 0.551. The van der Waals surface area contributed by atoms with E-state index in [1.165, 1.54) is 5.56 Å². The molecule has 0 saturated carbocycles. The molecule has 4 aromatic rings. The normalized spacial score (nSPS) is 11.1. The van der Waals surface area contributed by atoms with E-state index in [0.717, 1.165) is 22.5 Å². The van der Waals surface area contributed by atoms with Crippen molar-refractivity contribution < 1.29 is 4.79 Å². The molecule has 1 amide bonds. The molecule has 7 nitrogen and oxygen atoms in total. The van der Waals surface area contributed by atoms with Gasteiger partial charge in [-0.25, -0.2) is 4.98 Å². The van der Waals surface area contributed by atoms with Crippen molar-refractivity contribution in [2.24, 2.45) is 7.05 Å². The van der Waals surface area contributed by atoms with Gasteiger partial charge in [-0.2, -0.15) is 5.10 Å². The zero-order valence-electron chi connectivity index (χ0n) is 16.4. The van der Waals surface area contributed by atoms with E-state index in [4.69, 9.17) is 0 Å². The summed E-state index contributed by atoms with van der Waals surface area (Å²) in [6, 6.07) is 8.12. The summed E-state index contributed by atoms with van der Waals surface area (Å²) in [6.45, 7) is 4.47. The number of amides is 1. The van der Waals surface area contributed by atoms with Crippen molar-refractivity contribution in [3.05, 3.63) is 71.6 Å². The van der Waals surface area contributed by atoms with Crippen molar-refractivity contribution in [1.29, 1.82) is 0 Å². The lowest BCUT2D eigenvalue weighted by molar-refractivity contribution is 0.0780. The molecule has 0 saturated heterocycles. The van der Waals surface area contributed by atoms with Gasteiger partial charge in [0.25, 0.3) is 5.91 Å². The van der Waals surface area contributed by atoms with Crippen LogP contribution < -0.4 is 0 Å². The fourth-order valence-corrected chi connectivity index (χ4v) is 3.26. The van der Waals surface area contributed by atoms with Crippen molar-refractivity contribution in [2.75, 3.05) is 7.05 Å². The second-order valence-corrected chi connectivity index (χ2v) is 7.07. The molecule has 0 atom stereocenters. The largest absolute Gasteiger partial charge is 0.336 e. The van der Waals surface area contributed by atoms with Crippen molar-refractivity contribution >= 4 is 11.6 Å². The van der Waals surface area contributed by atoms with E-state index in [2.05, 4.69) is 15.1 Å². The molecule has 0 aliphatic heterocycles. The Morgan fingerprint density at radius 3 is 2.57 bits per heavy atom. The second-order valence-electron chi connectivity index (χ2n) is 7.07. The van der Waals surface area contributed by atoms with Gasteiger partial charge in [-0.3, -0.25) is 14.5 Å². The zero-order valence-corrected chi connectivity index (χ0v) is 16.4. The molecule has 0 spiro atoms. The van der Waals surface area contributed by atoms with Crippen LogP contribution in [0.15, 0.2) is 49.1 Å². The summed E-state index contributed by atoms with van der Waals surface area (Å²) in [5.74, 6) is -0.137. The Balaban J connectivity index is 1.65. The lowest BCUT2D eigenvalue weighted by atomic mass is 10.1. The summed E-state index contributed by atoms with van der Waals surface area (Å²) in [7, 11) is 3.65. The summed E-state index contributed by atoms with van der Waals surface area (Å²) in [5.41, 5.74) is 5.91. The predicted molar refractivity (Wildman–Crippen MR) is 107 cm³/mol. The van der Waals surface area contributed by atoms with Crippen LogP contribution in [0, 0.1) is 13.8 Å². The van der Waals surface area contributed by atoms with Gasteiger partial charge in [-0.05, 0) is 13.8 Å². The number of nitrogens with zero attached hydrogens (tertiary/aromatic N) is 6. The van der Waals surface area contributed by atoms with Crippen LogP contribution in [-0.2, 0) is 13.6 Å². The fourth-order valence-electron chi connectivity index (χ4n) is 3.26. The Morgan fingerprint density at radius 2 is 1.89 bits per heavy atom. The summed E-state index contributed by atoms with van der Waals surface area (Å²) >= 11 is 0. The van der Waals surface area contributed by atoms with E-state index in [-0.39, 0.29) is 5.91 Å². The summed E-state index contributed by atoms with van der Waals surface area (Å²) < 4.78 is 3.60. The van der Waals surface area contributed by atoms with Crippen LogP contribution in [0.2, 0.25) is 0 Å². The molecule has 0 bridgehead atoms. The highest BCUT2D eigenvalue weighted by atomic mass is 16.2. The molecule has 142 valence electrons. The molecule has 0 N–H and O–H groups in total. The lowest BCUT2D eigenvalue weighted by Gasteiger charge is -2.15. The molecule has 3 aromatic heterocycles. The van der Waals surface area contributed by atoms with Gasteiger partial charge < -0.3 is 9.30 Å². The van der Waals surface area contributed by atoms with Crippen LogP contribution in [0.25, 0.3) is 16.9 Å². The van der Waals surface area contributed by atoms with Gasteiger partial charge in [0.05, 0.1) is 5.69 Å². The van der Waals surface area contributed by atoms with Crippen LogP contribution in [0.1, 0.15) is 27.3 Å². The first-order chi connectivity index (χ1) is 13.4. The zero-order chi connectivity index (χ0) is 19.8. The Labute approximate surface area is 163 Å². The minimum atomic E-state index is -0.137. The van der Waals surface area contributed by atoms with Gasteiger partial charge in [0, 0.05) is 56.6 Å². The van der Waals surface area contributed by atoms with Crippen LogP contribution in [-0.4, -0.2) is 42.0 Å². The number of fused-ring (bicyclic) bond motifs is 1. The predicted octanol–water partition coefficient (Wildman–Crippen LogP) is 3.02. The van der Waals surface area contributed by atoms with Crippen LogP contribution in [0.3, 0.4) is 0 Å². The van der Waals surface area contributed by atoms with Gasteiger partial charge in [-0.1, -0.05) is 29.8 Å². The van der Waals surface area contributed by atoms with E-state index in [9.17, 15) is 4.79 Å². The Morgan fingerprint density at radius 1 is 1.14 bits per heavy atom. The number of hydrogen-bond acceptors (Lipinski definition) is 4.